The normalized spacial score (nSPS) is 11.9. The van der Waals surface area contributed by atoms with E-state index in [1.165, 1.54) is 43.3 Å². The van der Waals surface area contributed by atoms with E-state index in [0.29, 0.717) is 27.0 Å². The van der Waals surface area contributed by atoms with Crippen molar-refractivity contribution < 1.29 is 22.7 Å². The van der Waals surface area contributed by atoms with Gasteiger partial charge in [0.05, 0.1) is 27.7 Å². The first-order valence-electron chi connectivity index (χ1n) is 11.7. The number of hydrogen-bond donors (Lipinski definition) is 1. The van der Waals surface area contributed by atoms with Crippen LogP contribution >= 0.6 is 23.2 Å². The number of amides is 2. The van der Waals surface area contributed by atoms with Crippen LogP contribution in [0.3, 0.4) is 0 Å². The van der Waals surface area contributed by atoms with Crippen LogP contribution < -0.4 is 14.4 Å². The molecule has 0 aliphatic rings. The van der Waals surface area contributed by atoms with Crippen LogP contribution in [0.25, 0.3) is 0 Å². The highest BCUT2D eigenvalue weighted by Gasteiger charge is 2.32. The van der Waals surface area contributed by atoms with Crippen molar-refractivity contribution in [3.05, 3.63) is 87.9 Å². The molecule has 0 aliphatic heterocycles. The van der Waals surface area contributed by atoms with E-state index in [1.54, 1.807) is 49.4 Å². The summed E-state index contributed by atoms with van der Waals surface area (Å²) in [5.74, 6) is -0.489. The highest BCUT2D eigenvalue weighted by molar-refractivity contribution is 7.92. The van der Waals surface area contributed by atoms with Crippen LogP contribution in [0.5, 0.6) is 5.75 Å². The van der Waals surface area contributed by atoms with Gasteiger partial charge in [-0.3, -0.25) is 13.9 Å². The zero-order valence-corrected chi connectivity index (χ0v) is 23.8. The Kier molecular flexibility index (Phi) is 9.65. The third kappa shape index (κ3) is 6.78. The molecule has 0 bridgehead atoms. The van der Waals surface area contributed by atoms with Crippen LogP contribution in [0.4, 0.5) is 5.69 Å². The highest BCUT2D eigenvalue weighted by atomic mass is 35.5. The number of methoxy groups -OCH3 is 1. The average molecular weight is 579 g/mol. The minimum absolute atomic E-state index is 0.00856. The van der Waals surface area contributed by atoms with Gasteiger partial charge in [-0.15, -0.1) is 0 Å². The van der Waals surface area contributed by atoms with Gasteiger partial charge in [0.1, 0.15) is 18.3 Å². The van der Waals surface area contributed by atoms with Crippen molar-refractivity contribution in [3.63, 3.8) is 0 Å². The molecule has 3 aromatic rings. The van der Waals surface area contributed by atoms with Gasteiger partial charge in [-0.2, -0.15) is 0 Å². The number of rotatable bonds is 10. The number of benzene rings is 3. The number of halogens is 2. The quantitative estimate of drug-likeness (QED) is 0.378. The molecule has 0 unspecified atom stereocenters. The number of nitrogens with one attached hydrogen (secondary N) is 1. The Labute approximate surface area is 233 Å². The monoisotopic (exact) mass is 577 g/mol. The Morgan fingerprint density at radius 2 is 1.61 bits per heavy atom. The molecule has 8 nitrogen and oxygen atoms in total. The Hall–Kier alpha value is -3.27. The number of sulfonamides is 1. The molecule has 0 aliphatic carbocycles. The van der Waals surface area contributed by atoms with Crippen LogP contribution in [0.2, 0.25) is 10.0 Å². The second-order valence-corrected chi connectivity index (χ2v) is 11.3. The van der Waals surface area contributed by atoms with Gasteiger partial charge >= 0.3 is 0 Å². The van der Waals surface area contributed by atoms with Crippen molar-refractivity contribution in [1.82, 2.24) is 10.2 Å². The third-order valence-electron chi connectivity index (χ3n) is 6.00. The molecular weight excluding hydrogens is 549 g/mol. The number of hydrogen-bond acceptors (Lipinski definition) is 5. The first-order valence-corrected chi connectivity index (χ1v) is 13.9. The maximum Gasteiger partial charge on any atom is 0.264 e. The van der Waals surface area contributed by atoms with E-state index in [0.717, 1.165) is 9.87 Å². The fraction of sp³-hybridized carbons (Fsp3) is 0.259. The van der Waals surface area contributed by atoms with Crippen molar-refractivity contribution >= 4 is 50.7 Å². The zero-order chi connectivity index (χ0) is 28.0. The van der Waals surface area contributed by atoms with Gasteiger partial charge in [-0.25, -0.2) is 8.42 Å². The number of anilines is 1. The number of carbonyl (C=O) groups is 2. The van der Waals surface area contributed by atoms with E-state index < -0.39 is 34.4 Å². The van der Waals surface area contributed by atoms with E-state index in [1.807, 2.05) is 6.92 Å². The second kappa shape index (κ2) is 12.5. The number of ether oxygens (including phenoxy) is 1. The predicted molar refractivity (Wildman–Crippen MR) is 149 cm³/mol. The van der Waals surface area contributed by atoms with E-state index in [9.17, 15) is 18.0 Å². The topological polar surface area (TPSA) is 96.0 Å². The van der Waals surface area contributed by atoms with Gasteiger partial charge in [0.15, 0.2) is 0 Å². The molecule has 3 rings (SSSR count). The summed E-state index contributed by atoms with van der Waals surface area (Å²) in [4.78, 5) is 27.6. The minimum Gasteiger partial charge on any atom is -0.497 e. The first-order chi connectivity index (χ1) is 18.0. The molecule has 2 amide bonds. The standard InChI is InChI=1S/C27H29Cl2N3O5S/c1-18-5-8-21(9-6-18)32(38(35,36)23-12-10-22(37-4)11-13-23)17-26(33)31(19(2)27(34)30-3)16-20-7-14-24(28)25(29)15-20/h5-15,19H,16-17H2,1-4H3,(H,30,34)/t19-/m0/s1. The van der Waals surface area contributed by atoms with Crippen molar-refractivity contribution in [2.45, 2.75) is 31.3 Å². The summed E-state index contributed by atoms with van der Waals surface area (Å²) in [5.41, 5.74) is 1.86. The first kappa shape index (κ1) is 29.3. The molecule has 0 aromatic heterocycles. The van der Waals surface area contributed by atoms with Gasteiger partial charge in [-0.1, -0.05) is 47.0 Å². The number of nitrogens with zero attached hydrogens (tertiary/aromatic N) is 2. The summed E-state index contributed by atoms with van der Waals surface area (Å²) in [6.45, 7) is 2.92. The molecule has 1 atom stereocenters. The van der Waals surface area contributed by atoms with Crippen LogP contribution in [0.15, 0.2) is 71.6 Å². The summed E-state index contributed by atoms with van der Waals surface area (Å²) in [5, 5.41) is 3.19. The summed E-state index contributed by atoms with van der Waals surface area (Å²) in [6.07, 6.45) is 0. The SMILES string of the molecule is CNC(=O)[C@H](C)N(Cc1ccc(Cl)c(Cl)c1)C(=O)CN(c1ccc(C)cc1)S(=O)(=O)c1ccc(OC)cc1. The Morgan fingerprint density at radius 1 is 0.974 bits per heavy atom. The lowest BCUT2D eigenvalue weighted by molar-refractivity contribution is -0.139. The Morgan fingerprint density at radius 3 is 2.16 bits per heavy atom. The largest absolute Gasteiger partial charge is 0.497 e. The van der Waals surface area contributed by atoms with Gasteiger partial charge in [0, 0.05) is 13.6 Å². The predicted octanol–water partition coefficient (Wildman–Crippen LogP) is 4.67. The maximum absolute atomic E-state index is 13.8. The molecule has 3 aromatic carbocycles. The van der Waals surface area contributed by atoms with E-state index in [2.05, 4.69) is 5.32 Å². The zero-order valence-electron chi connectivity index (χ0n) is 21.4. The molecule has 202 valence electrons. The second-order valence-electron chi connectivity index (χ2n) is 8.58. The number of aryl methyl sites for hydroxylation is 1. The lowest BCUT2D eigenvalue weighted by Gasteiger charge is -2.32. The molecule has 0 saturated heterocycles. The van der Waals surface area contributed by atoms with Gasteiger partial charge in [-0.05, 0) is 67.9 Å². The number of carbonyl (C=O) groups excluding carboxylic acids is 2. The van der Waals surface area contributed by atoms with Crippen molar-refractivity contribution in [2.24, 2.45) is 0 Å². The van der Waals surface area contributed by atoms with Crippen LogP contribution in [-0.4, -0.2) is 51.9 Å². The van der Waals surface area contributed by atoms with Crippen molar-refractivity contribution in [2.75, 3.05) is 25.0 Å². The Bertz CT molecular complexity index is 1400. The van der Waals surface area contributed by atoms with Crippen molar-refractivity contribution in [1.29, 1.82) is 0 Å². The summed E-state index contributed by atoms with van der Waals surface area (Å²) in [6, 6.07) is 16.7. The smallest absolute Gasteiger partial charge is 0.264 e. The summed E-state index contributed by atoms with van der Waals surface area (Å²) >= 11 is 12.2. The minimum atomic E-state index is -4.17. The summed E-state index contributed by atoms with van der Waals surface area (Å²) in [7, 11) is -1.22. The molecule has 0 saturated carbocycles. The molecule has 0 radical (unpaired) electrons. The number of likely N-dealkylation sites (N-methyl/N-ethyl adjacent to an activating group) is 1. The highest BCUT2D eigenvalue weighted by Crippen LogP contribution is 2.27. The van der Waals surface area contributed by atoms with E-state index in [-0.39, 0.29) is 11.4 Å². The molecule has 0 heterocycles. The molecule has 1 N–H and O–H groups in total. The van der Waals surface area contributed by atoms with Crippen LogP contribution in [-0.2, 0) is 26.2 Å². The Balaban J connectivity index is 2.03. The lowest BCUT2D eigenvalue weighted by atomic mass is 10.1. The van der Waals surface area contributed by atoms with Crippen molar-refractivity contribution in [3.8, 4) is 5.75 Å². The van der Waals surface area contributed by atoms with E-state index in [4.69, 9.17) is 27.9 Å². The maximum atomic E-state index is 13.8. The molecule has 0 spiro atoms. The van der Waals surface area contributed by atoms with Crippen LogP contribution in [0.1, 0.15) is 18.1 Å². The van der Waals surface area contributed by atoms with Crippen LogP contribution in [0, 0.1) is 6.92 Å². The average Bonchev–Trinajstić information content (AvgIpc) is 2.91. The molecule has 0 fully saturated rings. The fourth-order valence-electron chi connectivity index (χ4n) is 3.74. The lowest BCUT2D eigenvalue weighted by Crippen LogP contribution is -2.50. The molecule has 38 heavy (non-hydrogen) atoms. The fourth-order valence-corrected chi connectivity index (χ4v) is 5.48. The van der Waals surface area contributed by atoms with Gasteiger partial charge < -0.3 is 15.0 Å². The van der Waals surface area contributed by atoms with Gasteiger partial charge in [0.2, 0.25) is 11.8 Å². The molecular formula is C27H29Cl2N3O5S. The van der Waals surface area contributed by atoms with Gasteiger partial charge in [0.25, 0.3) is 10.0 Å². The summed E-state index contributed by atoms with van der Waals surface area (Å²) < 4.78 is 33.7. The third-order valence-corrected chi connectivity index (χ3v) is 8.53. The molecule has 11 heteroatoms. The van der Waals surface area contributed by atoms with E-state index >= 15 is 0 Å².